The average Bonchev–Trinajstić information content (AvgIpc) is 2.04. The molecule has 0 atom stereocenters. The minimum atomic E-state index is 1.14. The van der Waals surface area contributed by atoms with Gasteiger partial charge in [-0.3, -0.25) is 0 Å². The van der Waals surface area contributed by atoms with E-state index in [1.54, 1.807) is 0 Å². The lowest BCUT2D eigenvalue weighted by Crippen LogP contribution is -1.71. The number of hydrogen-bond acceptors (Lipinski definition) is 0. The summed E-state index contributed by atoms with van der Waals surface area (Å²) < 4.78 is 0. The molecule has 0 aliphatic rings. The summed E-state index contributed by atoms with van der Waals surface area (Å²) >= 11 is 0. The summed E-state index contributed by atoms with van der Waals surface area (Å²) in [4.78, 5) is 0. The van der Waals surface area contributed by atoms with Gasteiger partial charge in [0.15, 0.2) is 0 Å². The van der Waals surface area contributed by atoms with Gasteiger partial charge in [-0.2, -0.15) is 0 Å². The standard InChI is InChI=1S/C11H8/c1-9-6-7-10-4-2-3-5-11(10)8-9/h3,5-8H,1H3. The van der Waals surface area contributed by atoms with Crippen molar-refractivity contribution in [2.45, 2.75) is 6.92 Å². The quantitative estimate of drug-likeness (QED) is 0.527. The summed E-state index contributed by atoms with van der Waals surface area (Å²) in [5.41, 5.74) is 1.29. The predicted octanol–water partition coefficient (Wildman–Crippen LogP) is 2.75. The van der Waals surface area contributed by atoms with E-state index < -0.39 is 0 Å². The van der Waals surface area contributed by atoms with E-state index in [1.807, 2.05) is 6.07 Å². The summed E-state index contributed by atoms with van der Waals surface area (Å²) in [5.74, 6) is 0. The molecule has 0 saturated carbocycles. The van der Waals surface area contributed by atoms with Gasteiger partial charge in [0.2, 0.25) is 0 Å². The number of rotatable bonds is 0. The fraction of sp³-hybridized carbons (Fsp3) is 0.0909. The molecule has 0 saturated heterocycles. The number of hydrogen-bond donors (Lipinski definition) is 0. The van der Waals surface area contributed by atoms with Crippen molar-refractivity contribution >= 4 is 10.8 Å². The van der Waals surface area contributed by atoms with Crippen molar-refractivity contribution in [2.75, 3.05) is 0 Å². The molecule has 0 heterocycles. The van der Waals surface area contributed by atoms with Crippen molar-refractivity contribution in [1.29, 1.82) is 0 Å². The van der Waals surface area contributed by atoms with E-state index in [4.69, 9.17) is 0 Å². The van der Waals surface area contributed by atoms with Crippen LogP contribution < -0.4 is 0 Å². The molecule has 0 aromatic heterocycles. The van der Waals surface area contributed by atoms with Gasteiger partial charge < -0.3 is 0 Å². The highest BCUT2D eigenvalue weighted by atomic mass is 13.9. The second-order valence-electron chi connectivity index (χ2n) is 2.69. The molecule has 0 amide bonds. The molecule has 0 aliphatic heterocycles. The summed E-state index contributed by atoms with van der Waals surface area (Å²) in [5, 5.41) is 2.38. The molecule has 0 aliphatic carbocycles. The van der Waals surface area contributed by atoms with Crippen LogP contribution in [0.15, 0.2) is 30.3 Å². The van der Waals surface area contributed by atoms with Crippen molar-refractivity contribution in [1.82, 2.24) is 0 Å². The van der Waals surface area contributed by atoms with Gasteiger partial charge >= 0.3 is 0 Å². The lowest BCUT2D eigenvalue weighted by Gasteiger charge is -1.93. The highest BCUT2D eigenvalue weighted by Gasteiger charge is 1.88. The molecule has 2 rings (SSSR count). The van der Waals surface area contributed by atoms with Crippen LogP contribution in [0.4, 0.5) is 0 Å². The number of aryl methyl sites for hydroxylation is 1. The molecule has 11 heavy (non-hydrogen) atoms. The molecule has 0 unspecified atom stereocenters. The zero-order valence-corrected chi connectivity index (χ0v) is 6.39. The van der Waals surface area contributed by atoms with Gasteiger partial charge in [-0.05, 0) is 30.5 Å². The van der Waals surface area contributed by atoms with Crippen molar-refractivity contribution in [3.8, 4) is 0 Å². The van der Waals surface area contributed by atoms with E-state index in [-0.39, 0.29) is 0 Å². The first kappa shape index (κ1) is 6.24. The Hall–Kier alpha value is -1.48. The molecule has 0 bridgehead atoms. The van der Waals surface area contributed by atoms with Crippen LogP contribution in [0, 0.1) is 19.1 Å². The van der Waals surface area contributed by atoms with Crippen LogP contribution in [0.1, 0.15) is 5.56 Å². The zero-order valence-electron chi connectivity index (χ0n) is 6.39. The highest BCUT2D eigenvalue weighted by Crippen LogP contribution is 2.11. The largest absolute Gasteiger partial charge is 0.0696 e. The molecule has 0 spiro atoms. The molecule has 0 radical (unpaired) electrons. The molecule has 0 nitrogen and oxygen atoms in total. The van der Waals surface area contributed by atoms with Crippen LogP contribution in [-0.4, -0.2) is 0 Å². The Morgan fingerprint density at radius 2 is 2.09 bits per heavy atom. The van der Waals surface area contributed by atoms with Crippen molar-refractivity contribution in [3.05, 3.63) is 48.0 Å². The topological polar surface area (TPSA) is 0 Å². The third-order valence-corrected chi connectivity index (χ3v) is 1.76. The SMILES string of the molecule is Cc1ccc2c#cccc2c1. The second-order valence-corrected chi connectivity index (χ2v) is 2.69. The van der Waals surface area contributed by atoms with E-state index in [0.717, 1.165) is 5.39 Å². The fourth-order valence-electron chi connectivity index (χ4n) is 1.18. The number of benzene rings is 1. The predicted molar refractivity (Wildman–Crippen MR) is 46.4 cm³/mol. The number of fused-ring (bicyclic) bond motifs is 1. The Morgan fingerprint density at radius 3 is 3.00 bits per heavy atom. The van der Waals surface area contributed by atoms with Crippen LogP contribution >= 0.6 is 0 Å². The molecule has 0 fully saturated rings. The minimum Gasteiger partial charge on any atom is -0.0696 e. The van der Waals surface area contributed by atoms with Crippen LogP contribution in [0.2, 0.25) is 0 Å². The smallest absolute Gasteiger partial charge is 0.0321 e. The van der Waals surface area contributed by atoms with E-state index in [2.05, 4.69) is 43.3 Å². The Balaban J connectivity index is 2.83. The fourth-order valence-corrected chi connectivity index (χ4v) is 1.18. The highest BCUT2D eigenvalue weighted by molar-refractivity contribution is 5.81. The molecule has 2 aromatic rings. The maximum Gasteiger partial charge on any atom is 0.0321 e. The second kappa shape index (κ2) is 2.29. The summed E-state index contributed by atoms with van der Waals surface area (Å²) in [6, 6.07) is 16.2. The summed E-state index contributed by atoms with van der Waals surface area (Å²) in [6.45, 7) is 2.09. The van der Waals surface area contributed by atoms with Crippen LogP contribution in [0.5, 0.6) is 0 Å². The van der Waals surface area contributed by atoms with Gasteiger partial charge in [-0.15, -0.1) is 0 Å². The van der Waals surface area contributed by atoms with E-state index >= 15 is 0 Å². The third kappa shape index (κ3) is 1.06. The van der Waals surface area contributed by atoms with E-state index in [9.17, 15) is 0 Å². The van der Waals surface area contributed by atoms with Crippen LogP contribution in [0.3, 0.4) is 0 Å². The lowest BCUT2D eigenvalue weighted by molar-refractivity contribution is 1.51. The van der Waals surface area contributed by atoms with Crippen LogP contribution in [-0.2, 0) is 0 Å². The first-order valence-corrected chi connectivity index (χ1v) is 3.65. The maximum absolute atomic E-state index is 3.05. The zero-order chi connectivity index (χ0) is 7.68. The average molecular weight is 140 g/mol. The first-order valence-electron chi connectivity index (χ1n) is 3.65. The van der Waals surface area contributed by atoms with Gasteiger partial charge in [-0.25, -0.2) is 0 Å². The minimum absolute atomic E-state index is 1.14. The Morgan fingerprint density at radius 1 is 1.18 bits per heavy atom. The van der Waals surface area contributed by atoms with E-state index in [1.165, 1.54) is 10.9 Å². The Labute approximate surface area is 66.5 Å². The third-order valence-electron chi connectivity index (χ3n) is 1.76. The van der Waals surface area contributed by atoms with Crippen LogP contribution in [0.25, 0.3) is 10.8 Å². The van der Waals surface area contributed by atoms with Gasteiger partial charge in [0.05, 0.1) is 0 Å². The lowest BCUT2D eigenvalue weighted by atomic mass is 10.1. The van der Waals surface area contributed by atoms with Gasteiger partial charge in [0, 0.05) is 5.39 Å². The first-order chi connectivity index (χ1) is 5.36. The van der Waals surface area contributed by atoms with Gasteiger partial charge in [-0.1, -0.05) is 29.8 Å². The normalized spacial score (nSPS) is 9.55. The summed E-state index contributed by atoms with van der Waals surface area (Å²) in [7, 11) is 0. The van der Waals surface area contributed by atoms with Crippen molar-refractivity contribution in [2.24, 2.45) is 0 Å². The summed E-state index contributed by atoms with van der Waals surface area (Å²) in [6.07, 6.45) is 0. The molecular formula is C11H8. The van der Waals surface area contributed by atoms with Gasteiger partial charge in [0.25, 0.3) is 0 Å². The molecule has 0 heteroatoms. The molecule has 52 valence electrons. The molecule has 0 N–H and O–H groups in total. The monoisotopic (exact) mass is 140 g/mol. The molecule has 2 aromatic carbocycles. The maximum atomic E-state index is 3.05. The van der Waals surface area contributed by atoms with Crippen molar-refractivity contribution in [3.63, 3.8) is 0 Å². The van der Waals surface area contributed by atoms with Crippen molar-refractivity contribution < 1.29 is 0 Å². The Kier molecular flexibility index (Phi) is 1.30. The molecular weight excluding hydrogens is 132 g/mol. The van der Waals surface area contributed by atoms with E-state index in [0.29, 0.717) is 0 Å². The van der Waals surface area contributed by atoms with Gasteiger partial charge in [0.1, 0.15) is 0 Å². The Bertz CT molecular complexity index is 374.